The smallest absolute Gasteiger partial charge is 0.406 e. The van der Waals surface area contributed by atoms with E-state index in [0.29, 0.717) is 5.02 Å². The van der Waals surface area contributed by atoms with E-state index in [0.717, 1.165) is 11.1 Å². The minimum absolute atomic E-state index is 0.105. The van der Waals surface area contributed by atoms with E-state index in [1.165, 1.54) is 4.90 Å². The monoisotopic (exact) mass is 321 g/mol. The molecule has 1 unspecified atom stereocenters. The molecule has 2 rings (SSSR count). The molecular weight excluding hydrogens is 307 g/mol. The summed E-state index contributed by atoms with van der Waals surface area (Å²) in [5, 5.41) is 9.57. The van der Waals surface area contributed by atoms with Crippen molar-refractivity contribution in [2.24, 2.45) is 5.41 Å². The number of benzene rings is 1. The Morgan fingerprint density at radius 1 is 1.48 bits per heavy atom. The molecule has 0 saturated carbocycles. The lowest BCUT2D eigenvalue weighted by Gasteiger charge is -2.27. The molecule has 1 aliphatic heterocycles. The highest BCUT2D eigenvalue weighted by atomic mass is 35.5. The topological polar surface area (TPSA) is 40.5 Å². The Hall–Kier alpha value is -1.27. The van der Waals surface area contributed by atoms with E-state index in [1.807, 2.05) is 6.92 Å². The van der Waals surface area contributed by atoms with Crippen LogP contribution in [0.1, 0.15) is 17.5 Å². The molecule has 7 heteroatoms. The molecule has 1 aromatic carbocycles. The number of carbonyl (C=O) groups is 1. The predicted octanol–water partition coefficient (Wildman–Crippen LogP) is 3.49. The summed E-state index contributed by atoms with van der Waals surface area (Å²) in [6, 6.07) is 5.17. The maximum atomic E-state index is 13.1. The number of carboxylic acid groups (broad SMARTS) is 1. The van der Waals surface area contributed by atoms with Crippen LogP contribution in [-0.4, -0.2) is 35.2 Å². The molecule has 0 radical (unpaired) electrons. The van der Waals surface area contributed by atoms with Gasteiger partial charge < -0.3 is 5.11 Å². The number of hydrogen-bond acceptors (Lipinski definition) is 2. The molecule has 0 bridgehead atoms. The second-order valence-corrected chi connectivity index (χ2v) is 5.85. The molecule has 1 fully saturated rings. The Morgan fingerprint density at radius 3 is 2.62 bits per heavy atom. The van der Waals surface area contributed by atoms with Crippen molar-refractivity contribution in [1.29, 1.82) is 0 Å². The Bertz CT molecular complexity index is 562. The molecule has 1 aromatic rings. The zero-order valence-electron chi connectivity index (χ0n) is 11.4. The summed E-state index contributed by atoms with van der Waals surface area (Å²) in [5.41, 5.74) is -0.932. The maximum Gasteiger partial charge on any atom is 0.406 e. The van der Waals surface area contributed by atoms with Gasteiger partial charge in [-0.05, 0) is 36.6 Å². The summed E-state index contributed by atoms with van der Waals surface area (Å²) in [5.74, 6) is -1.80. The molecule has 0 aromatic heterocycles. The minimum Gasteiger partial charge on any atom is -0.481 e. The number of rotatable bonds is 3. The van der Waals surface area contributed by atoms with Crippen LogP contribution in [0.4, 0.5) is 13.2 Å². The van der Waals surface area contributed by atoms with Crippen molar-refractivity contribution < 1.29 is 23.1 Å². The highest BCUT2D eigenvalue weighted by Gasteiger charge is 2.63. The van der Waals surface area contributed by atoms with Crippen molar-refractivity contribution in [1.82, 2.24) is 4.90 Å². The minimum atomic E-state index is -4.75. The van der Waals surface area contributed by atoms with Crippen LogP contribution in [0.15, 0.2) is 18.2 Å². The van der Waals surface area contributed by atoms with Crippen LogP contribution in [0.3, 0.4) is 0 Å². The zero-order chi connectivity index (χ0) is 15.8. The van der Waals surface area contributed by atoms with Gasteiger partial charge in [0.1, 0.15) is 0 Å². The molecule has 1 N–H and O–H groups in total. The Kier molecular flexibility index (Phi) is 4.22. The van der Waals surface area contributed by atoms with Crippen LogP contribution in [0.5, 0.6) is 0 Å². The number of alkyl halides is 3. The maximum absolute atomic E-state index is 13.1. The van der Waals surface area contributed by atoms with Crippen LogP contribution in [0.2, 0.25) is 5.02 Å². The van der Waals surface area contributed by atoms with Gasteiger partial charge in [0.15, 0.2) is 5.41 Å². The highest BCUT2D eigenvalue weighted by Crippen LogP contribution is 2.46. The quantitative estimate of drug-likeness (QED) is 0.926. The van der Waals surface area contributed by atoms with Gasteiger partial charge >= 0.3 is 12.1 Å². The van der Waals surface area contributed by atoms with Crippen molar-refractivity contribution in [3.05, 3.63) is 34.3 Å². The molecule has 1 atom stereocenters. The molecule has 0 spiro atoms. The van der Waals surface area contributed by atoms with Gasteiger partial charge in [-0.25, -0.2) is 0 Å². The van der Waals surface area contributed by atoms with Crippen molar-refractivity contribution in [2.45, 2.75) is 26.1 Å². The average Bonchev–Trinajstić information content (AvgIpc) is 2.77. The van der Waals surface area contributed by atoms with Gasteiger partial charge in [-0.15, -0.1) is 0 Å². The van der Waals surface area contributed by atoms with Gasteiger partial charge in [-0.1, -0.05) is 17.7 Å². The fourth-order valence-electron chi connectivity index (χ4n) is 2.63. The summed E-state index contributed by atoms with van der Waals surface area (Å²) in [4.78, 5) is 12.6. The second-order valence-electron chi connectivity index (χ2n) is 5.42. The van der Waals surface area contributed by atoms with E-state index >= 15 is 0 Å². The molecule has 3 nitrogen and oxygen atoms in total. The van der Waals surface area contributed by atoms with Crippen molar-refractivity contribution >= 4 is 17.6 Å². The number of aryl methyl sites for hydroxylation is 1. The molecular formula is C14H15ClF3NO2. The Balaban J connectivity index is 2.17. The fraction of sp³-hybridized carbons (Fsp3) is 0.500. The van der Waals surface area contributed by atoms with Crippen LogP contribution < -0.4 is 0 Å². The molecule has 0 aliphatic carbocycles. The molecule has 1 heterocycles. The summed E-state index contributed by atoms with van der Waals surface area (Å²) in [7, 11) is 0. The normalized spacial score (nSPS) is 23.5. The highest BCUT2D eigenvalue weighted by molar-refractivity contribution is 6.30. The number of halogens is 4. The van der Waals surface area contributed by atoms with Crippen molar-refractivity contribution in [2.75, 3.05) is 13.1 Å². The molecule has 1 saturated heterocycles. The third-order valence-electron chi connectivity index (χ3n) is 4.00. The number of nitrogens with zero attached hydrogens (tertiary/aromatic N) is 1. The zero-order valence-corrected chi connectivity index (χ0v) is 12.1. The van der Waals surface area contributed by atoms with E-state index in [1.54, 1.807) is 18.2 Å². The van der Waals surface area contributed by atoms with E-state index in [4.69, 9.17) is 16.7 Å². The second kappa shape index (κ2) is 5.50. The van der Waals surface area contributed by atoms with Crippen molar-refractivity contribution in [3.8, 4) is 0 Å². The predicted molar refractivity (Wildman–Crippen MR) is 72.2 cm³/mol. The number of aliphatic carboxylic acids is 1. The molecule has 21 heavy (non-hydrogen) atoms. The van der Waals surface area contributed by atoms with Gasteiger partial charge in [0, 0.05) is 24.7 Å². The summed E-state index contributed by atoms with van der Waals surface area (Å²) in [6.07, 6.45) is -5.17. The molecule has 0 amide bonds. The van der Waals surface area contributed by atoms with Crippen LogP contribution in [0.25, 0.3) is 0 Å². The van der Waals surface area contributed by atoms with E-state index in [-0.39, 0.29) is 13.1 Å². The fourth-order valence-corrected chi connectivity index (χ4v) is 2.86. The molecule has 116 valence electrons. The standard InChI is InChI=1S/C14H15ClF3NO2/c1-9-6-11(15)3-2-10(9)7-19-5-4-13(8-19,12(20)21)14(16,17)18/h2-3,6H,4-5,7-8H2,1H3,(H,20,21). The van der Waals surface area contributed by atoms with Crippen LogP contribution in [0, 0.1) is 12.3 Å². The first kappa shape index (κ1) is 16.1. The summed E-state index contributed by atoms with van der Waals surface area (Å²) >= 11 is 5.84. The first-order valence-corrected chi connectivity index (χ1v) is 6.81. The van der Waals surface area contributed by atoms with Crippen LogP contribution in [-0.2, 0) is 11.3 Å². The largest absolute Gasteiger partial charge is 0.481 e. The lowest BCUT2D eigenvalue weighted by Crippen LogP contribution is -2.47. The van der Waals surface area contributed by atoms with Crippen LogP contribution >= 0.6 is 11.6 Å². The Labute approximate surface area is 125 Å². The summed E-state index contributed by atoms with van der Waals surface area (Å²) in [6.45, 7) is 1.70. The number of hydrogen-bond donors (Lipinski definition) is 1. The first-order chi connectivity index (χ1) is 9.65. The number of carboxylic acids is 1. The summed E-state index contributed by atoms with van der Waals surface area (Å²) < 4.78 is 39.3. The van der Waals surface area contributed by atoms with Gasteiger partial charge in [0.25, 0.3) is 0 Å². The van der Waals surface area contributed by atoms with Gasteiger partial charge in [0.05, 0.1) is 0 Å². The van der Waals surface area contributed by atoms with Gasteiger partial charge in [0.2, 0.25) is 0 Å². The molecule has 1 aliphatic rings. The van der Waals surface area contributed by atoms with Gasteiger partial charge in [-0.3, -0.25) is 9.69 Å². The van der Waals surface area contributed by atoms with E-state index < -0.39 is 30.5 Å². The Morgan fingerprint density at radius 2 is 2.14 bits per heavy atom. The van der Waals surface area contributed by atoms with E-state index in [2.05, 4.69) is 0 Å². The average molecular weight is 322 g/mol. The third kappa shape index (κ3) is 3.01. The lowest BCUT2D eigenvalue weighted by atomic mass is 9.86. The SMILES string of the molecule is Cc1cc(Cl)ccc1CN1CCC(C(=O)O)(C(F)(F)F)C1. The first-order valence-electron chi connectivity index (χ1n) is 6.43. The third-order valence-corrected chi connectivity index (χ3v) is 4.23. The van der Waals surface area contributed by atoms with Gasteiger partial charge in [-0.2, -0.15) is 13.2 Å². The lowest BCUT2D eigenvalue weighted by molar-refractivity contribution is -0.227. The van der Waals surface area contributed by atoms with Crippen molar-refractivity contribution in [3.63, 3.8) is 0 Å². The number of likely N-dealkylation sites (tertiary alicyclic amines) is 1. The van der Waals surface area contributed by atoms with E-state index in [9.17, 15) is 18.0 Å².